The Hall–Kier alpha value is -2.58. The van der Waals surface area contributed by atoms with E-state index in [1.54, 1.807) is 13.8 Å². The summed E-state index contributed by atoms with van der Waals surface area (Å²) in [6, 6.07) is -1.56. The third-order valence-corrected chi connectivity index (χ3v) is 5.96. The number of hydrogen-bond acceptors (Lipinski definition) is 5. The number of imide groups is 1. The fourth-order valence-corrected chi connectivity index (χ4v) is 4.30. The maximum atomic E-state index is 13.1. The van der Waals surface area contributed by atoms with Gasteiger partial charge in [0, 0.05) is 0 Å². The second-order valence-corrected chi connectivity index (χ2v) is 7.69. The van der Waals surface area contributed by atoms with Gasteiger partial charge >= 0.3 is 18.0 Å². The van der Waals surface area contributed by atoms with Crippen molar-refractivity contribution in [3.8, 4) is 0 Å². The monoisotopic (exact) mass is 392 g/mol. The number of urea groups is 2. The number of esters is 1. The minimum Gasteiger partial charge on any atom is -0.463 e. The molecule has 2 fully saturated rings. The summed E-state index contributed by atoms with van der Waals surface area (Å²) in [7, 11) is 0. The Morgan fingerprint density at radius 1 is 1.21 bits per heavy atom. The smallest absolute Gasteiger partial charge is 0.337 e. The van der Waals surface area contributed by atoms with E-state index >= 15 is 0 Å². The Bertz CT molecular complexity index is 724. The van der Waals surface area contributed by atoms with Crippen molar-refractivity contribution >= 4 is 23.9 Å². The van der Waals surface area contributed by atoms with Crippen molar-refractivity contribution in [3.63, 3.8) is 0 Å². The lowest BCUT2D eigenvalue weighted by atomic mass is 9.75. The number of hydrogen-bond donors (Lipinski definition) is 3. The van der Waals surface area contributed by atoms with Crippen LogP contribution in [0.5, 0.6) is 0 Å². The highest BCUT2D eigenvalue weighted by molar-refractivity contribution is 6.07. The van der Waals surface area contributed by atoms with Gasteiger partial charge in [-0.25, -0.2) is 14.4 Å². The lowest BCUT2D eigenvalue weighted by Crippen LogP contribution is -2.52. The molecule has 9 heteroatoms. The maximum Gasteiger partial charge on any atom is 0.337 e. The molecule has 154 valence electrons. The van der Waals surface area contributed by atoms with Gasteiger partial charge in [0.15, 0.2) is 0 Å². The van der Waals surface area contributed by atoms with Crippen LogP contribution in [0.15, 0.2) is 11.3 Å². The molecule has 1 saturated heterocycles. The Balaban J connectivity index is 1.83. The Kier molecular flexibility index (Phi) is 5.62. The van der Waals surface area contributed by atoms with Gasteiger partial charge in [0.1, 0.15) is 5.54 Å². The molecule has 0 aromatic carbocycles. The van der Waals surface area contributed by atoms with Crippen molar-refractivity contribution in [2.45, 2.75) is 64.5 Å². The van der Waals surface area contributed by atoms with Gasteiger partial charge in [0.2, 0.25) is 0 Å². The second kappa shape index (κ2) is 7.81. The molecule has 0 aromatic heterocycles. The molecule has 0 unspecified atom stereocenters. The molecule has 1 atom stereocenters. The molecule has 0 bridgehead atoms. The number of carbonyl (C=O) groups is 4. The summed E-state index contributed by atoms with van der Waals surface area (Å²) < 4.78 is 5.08. The summed E-state index contributed by atoms with van der Waals surface area (Å²) >= 11 is 0. The van der Waals surface area contributed by atoms with E-state index in [4.69, 9.17) is 4.74 Å². The molecule has 1 saturated carbocycles. The molecule has 3 aliphatic rings. The largest absolute Gasteiger partial charge is 0.463 e. The van der Waals surface area contributed by atoms with E-state index in [9.17, 15) is 19.2 Å². The molecule has 3 N–H and O–H groups in total. The summed E-state index contributed by atoms with van der Waals surface area (Å²) in [6.07, 6.45) is 4.08. The van der Waals surface area contributed by atoms with E-state index in [2.05, 4.69) is 22.9 Å². The molecule has 9 nitrogen and oxygen atoms in total. The topological polar surface area (TPSA) is 117 Å². The van der Waals surface area contributed by atoms with Crippen molar-refractivity contribution in [2.75, 3.05) is 13.2 Å². The van der Waals surface area contributed by atoms with Crippen molar-refractivity contribution in [1.82, 2.24) is 20.9 Å². The van der Waals surface area contributed by atoms with Crippen LogP contribution in [-0.2, 0) is 14.3 Å². The second-order valence-electron chi connectivity index (χ2n) is 7.69. The Morgan fingerprint density at radius 3 is 2.50 bits per heavy atom. The van der Waals surface area contributed by atoms with Crippen LogP contribution in [0.4, 0.5) is 9.59 Å². The van der Waals surface area contributed by atoms with Crippen LogP contribution in [0.1, 0.15) is 52.9 Å². The average molecular weight is 392 g/mol. The molecule has 2 aliphatic heterocycles. The molecule has 0 aromatic rings. The van der Waals surface area contributed by atoms with Gasteiger partial charge in [-0.1, -0.05) is 13.3 Å². The van der Waals surface area contributed by atoms with E-state index in [1.807, 2.05) is 0 Å². The standard InChI is InChI=1S/C19H28N4O5/c1-4-12-6-8-19(9-7-12)16(25)23(18(27)22-19)10-13-14(15(24)28-5-2)11(3)20-17(26)21-13/h11-12H,4-10H2,1-3H3,(H,22,27)(H2,20,21,26)/t11-,12?,19?/m1/s1. The molecule has 28 heavy (non-hydrogen) atoms. The molecule has 3 rings (SSSR count). The van der Waals surface area contributed by atoms with Crippen molar-refractivity contribution < 1.29 is 23.9 Å². The predicted molar refractivity (Wildman–Crippen MR) is 100 cm³/mol. The molecular weight excluding hydrogens is 364 g/mol. The Labute approximate surface area is 164 Å². The summed E-state index contributed by atoms with van der Waals surface area (Å²) in [5.74, 6) is -0.294. The van der Waals surface area contributed by atoms with Crippen LogP contribution < -0.4 is 16.0 Å². The number of nitrogens with one attached hydrogen (secondary N) is 3. The summed E-state index contributed by atoms with van der Waals surface area (Å²) in [5.41, 5.74) is -0.425. The SMILES string of the molecule is CCOC(=O)C1=C(CN2C(=O)NC3(CCC(CC)CC3)C2=O)NC(=O)N[C@@H]1C. The van der Waals surface area contributed by atoms with Crippen LogP contribution >= 0.6 is 0 Å². The Morgan fingerprint density at radius 2 is 1.89 bits per heavy atom. The number of amides is 5. The lowest BCUT2D eigenvalue weighted by Gasteiger charge is -2.34. The third kappa shape index (κ3) is 3.57. The van der Waals surface area contributed by atoms with Gasteiger partial charge in [0.25, 0.3) is 5.91 Å². The molecule has 1 aliphatic carbocycles. The van der Waals surface area contributed by atoms with E-state index in [0.29, 0.717) is 18.8 Å². The summed E-state index contributed by atoms with van der Waals surface area (Å²) in [4.78, 5) is 51.0. The molecule has 0 radical (unpaired) electrons. The molecule has 2 heterocycles. The van der Waals surface area contributed by atoms with Crippen LogP contribution in [-0.4, -0.2) is 53.6 Å². The normalized spacial score (nSPS) is 30.2. The van der Waals surface area contributed by atoms with Gasteiger partial charge in [0.05, 0.1) is 30.5 Å². The fourth-order valence-electron chi connectivity index (χ4n) is 4.30. The van der Waals surface area contributed by atoms with Crippen LogP contribution in [0, 0.1) is 5.92 Å². The first-order chi connectivity index (χ1) is 13.3. The summed E-state index contributed by atoms with van der Waals surface area (Å²) in [6.45, 7) is 5.49. The van der Waals surface area contributed by atoms with Gasteiger partial charge in [-0.05, 0) is 45.4 Å². The highest BCUT2D eigenvalue weighted by Gasteiger charge is 2.52. The molecule has 5 amide bonds. The van der Waals surface area contributed by atoms with Crippen LogP contribution in [0.25, 0.3) is 0 Å². The minimum atomic E-state index is -0.865. The van der Waals surface area contributed by atoms with E-state index in [-0.39, 0.29) is 30.3 Å². The van der Waals surface area contributed by atoms with Gasteiger partial charge in [-0.15, -0.1) is 0 Å². The first kappa shape index (κ1) is 20.2. The number of nitrogens with zero attached hydrogens (tertiary/aromatic N) is 1. The number of ether oxygens (including phenoxy) is 1. The van der Waals surface area contributed by atoms with Gasteiger partial charge in [-0.3, -0.25) is 9.69 Å². The van der Waals surface area contributed by atoms with E-state index in [0.717, 1.165) is 24.2 Å². The van der Waals surface area contributed by atoms with Crippen LogP contribution in [0.3, 0.4) is 0 Å². The quantitative estimate of drug-likeness (QED) is 0.483. The van der Waals surface area contributed by atoms with Gasteiger partial charge in [-0.2, -0.15) is 0 Å². The predicted octanol–water partition coefficient (Wildman–Crippen LogP) is 1.40. The zero-order valence-electron chi connectivity index (χ0n) is 16.6. The van der Waals surface area contributed by atoms with E-state index < -0.39 is 29.6 Å². The zero-order chi connectivity index (χ0) is 20.5. The molecule has 1 spiro atoms. The van der Waals surface area contributed by atoms with Crippen LogP contribution in [0.2, 0.25) is 0 Å². The lowest BCUT2D eigenvalue weighted by molar-refractivity contribution is -0.139. The number of carbonyl (C=O) groups excluding carboxylic acids is 4. The maximum absolute atomic E-state index is 13.1. The zero-order valence-corrected chi connectivity index (χ0v) is 16.6. The van der Waals surface area contributed by atoms with E-state index in [1.165, 1.54) is 0 Å². The van der Waals surface area contributed by atoms with Crippen molar-refractivity contribution in [1.29, 1.82) is 0 Å². The van der Waals surface area contributed by atoms with Crippen molar-refractivity contribution in [2.24, 2.45) is 5.92 Å². The molecular formula is C19H28N4O5. The minimum absolute atomic E-state index is 0.171. The van der Waals surface area contributed by atoms with Crippen molar-refractivity contribution in [3.05, 3.63) is 11.3 Å². The average Bonchev–Trinajstić information content (AvgIpc) is 2.86. The highest BCUT2D eigenvalue weighted by atomic mass is 16.5. The summed E-state index contributed by atoms with van der Waals surface area (Å²) in [5, 5.41) is 8.03. The number of rotatable bonds is 5. The van der Waals surface area contributed by atoms with Gasteiger partial charge < -0.3 is 20.7 Å². The first-order valence-electron chi connectivity index (χ1n) is 9.93. The fraction of sp³-hybridized carbons (Fsp3) is 0.684. The first-order valence-corrected chi connectivity index (χ1v) is 9.93. The third-order valence-electron chi connectivity index (χ3n) is 5.96. The highest BCUT2D eigenvalue weighted by Crippen LogP contribution is 2.37.